The molecule has 0 saturated heterocycles. The number of hydrogen-bond donors (Lipinski definition) is 1. The van der Waals surface area contributed by atoms with Crippen molar-refractivity contribution in [3.8, 4) is 0 Å². The number of hydrogen-bond acceptors (Lipinski definition) is 3. The van der Waals surface area contributed by atoms with Crippen LogP contribution < -0.4 is 5.32 Å². The van der Waals surface area contributed by atoms with Crippen molar-refractivity contribution in [2.45, 2.75) is 77.8 Å². The highest BCUT2D eigenvalue weighted by Gasteiger charge is 2.29. The fourth-order valence-electron chi connectivity index (χ4n) is 2.92. The Hall–Kier alpha value is 0.314. The molecule has 0 aromatic carbocycles. The van der Waals surface area contributed by atoms with Crippen molar-refractivity contribution < 1.29 is 8.85 Å². The van der Waals surface area contributed by atoms with Crippen molar-refractivity contribution in [1.82, 2.24) is 5.32 Å². The maximum atomic E-state index is 6.23. The molecule has 5 heteroatoms. The van der Waals surface area contributed by atoms with Crippen LogP contribution in [0.4, 0.5) is 0 Å². The van der Waals surface area contributed by atoms with Crippen LogP contribution in [0.5, 0.6) is 0 Å². The average molecular weight is 334 g/mol. The van der Waals surface area contributed by atoms with Gasteiger partial charge in [0.2, 0.25) is 0 Å². The van der Waals surface area contributed by atoms with E-state index in [4.69, 9.17) is 8.85 Å². The van der Waals surface area contributed by atoms with Gasteiger partial charge < -0.3 is 14.2 Å². The molecule has 0 aliphatic heterocycles. The summed E-state index contributed by atoms with van der Waals surface area (Å²) in [5, 5.41) is 3.47. The molecule has 0 unspecified atom stereocenters. The maximum absolute atomic E-state index is 6.23. The summed E-state index contributed by atoms with van der Waals surface area (Å²) in [7, 11) is -2.80. The lowest BCUT2D eigenvalue weighted by molar-refractivity contribution is 0.272. The van der Waals surface area contributed by atoms with Gasteiger partial charge in [-0.1, -0.05) is 41.5 Å². The van der Waals surface area contributed by atoms with E-state index < -0.39 is 16.6 Å². The van der Waals surface area contributed by atoms with Gasteiger partial charge in [-0.05, 0) is 36.3 Å². The second-order valence-corrected chi connectivity index (χ2v) is 15.5. The predicted molar refractivity (Wildman–Crippen MR) is 99.2 cm³/mol. The molecule has 0 radical (unpaired) electrons. The molecular formula is C16H39NO2Si2. The zero-order chi connectivity index (χ0) is 16.2. The topological polar surface area (TPSA) is 30.5 Å². The molecule has 0 rings (SSSR count). The predicted octanol–water partition coefficient (Wildman–Crippen LogP) is 4.62. The maximum Gasteiger partial charge on any atom is 0.192 e. The van der Waals surface area contributed by atoms with Crippen LogP contribution in [0, 0.1) is 0 Å². The van der Waals surface area contributed by atoms with E-state index in [0.29, 0.717) is 0 Å². The molecule has 3 nitrogen and oxygen atoms in total. The fraction of sp³-hybridized carbons (Fsp3) is 1.00. The quantitative estimate of drug-likeness (QED) is 0.372. The summed E-state index contributed by atoms with van der Waals surface area (Å²) in [6, 6.07) is 7.42. The standard InChI is InChI=1S/C16H39NO2Si2/c1-7-20(8-2,9-3)18-15-13-17-14-16-19-21(10-4,11-5)12-6/h17H,7-16H2,1-6H3. The van der Waals surface area contributed by atoms with Crippen LogP contribution in [-0.2, 0) is 8.85 Å². The van der Waals surface area contributed by atoms with Crippen LogP contribution in [0.15, 0.2) is 0 Å². The van der Waals surface area contributed by atoms with E-state index in [0.717, 1.165) is 26.3 Å². The molecule has 21 heavy (non-hydrogen) atoms. The minimum absolute atomic E-state index is 0.861. The Balaban J connectivity index is 3.78. The van der Waals surface area contributed by atoms with E-state index in [1.54, 1.807) is 0 Å². The van der Waals surface area contributed by atoms with Crippen LogP contribution in [-0.4, -0.2) is 42.9 Å². The second kappa shape index (κ2) is 11.8. The molecule has 0 aliphatic carbocycles. The van der Waals surface area contributed by atoms with Crippen molar-refractivity contribution in [2.24, 2.45) is 0 Å². The first-order valence-corrected chi connectivity index (χ1v) is 14.1. The van der Waals surface area contributed by atoms with E-state index >= 15 is 0 Å². The van der Waals surface area contributed by atoms with Crippen LogP contribution in [0.25, 0.3) is 0 Å². The molecule has 0 aromatic heterocycles. The normalized spacial score (nSPS) is 12.9. The van der Waals surface area contributed by atoms with E-state index in [1.807, 2.05) is 0 Å². The van der Waals surface area contributed by atoms with E-state index in [2.05, 4.69) is 46.9 Å². The van der Waals surface area contributed by atoms with Crippen LogP contribution >= 0.6 is 0 Å². The van der Waals surface area contributed by atoms with Gasteiger partial charge in [0.25, 0.3) is 0 Å². The van der Waals surface area contributed by atoms with Crippen molar-refractivity contribution in [1.29, 1.82) is 0 Å². The van der Waals surface area contributed by atoms with Crippen LogP contribution in [0.1, 0.15) is 41.5 Å². The number of nitrogens with one attached hydrogen (secondary N) is 1. The highest BCUT2D eigenvalue weighted by Crippen LogP contribution is 2.21. The Kier molecular flexibility index (Phi) is 12.0. The van der Waals surface area contributed by atoms with Crippen LogP contribution in [0.3, 0.4) is 0 Å². The first-order valence-electron chi connectivity index (χ1n) is 9.06. The van der Waals surface area contributed by atoms with Gasteiger partial charge >= 0.3 is 0 Å². The van der Waals surface area contributed by atoms with Gasteiger partial charge in [-0.25, -0.2) is 0 Å². The smallest absolute Gasteiger partial charge is 0.192 e. The van der Waals surface area contributed by atoms with E-state index in [-0.39, 0.29) is 0 Å². The molecular weight excluding hydrogens is 294 g/mol. The Morgan fingerprint density at radius 3 is 1.10 bits per heavy atom. The summed E-state index contributed by atoms with van der Waals surface area (Å²) in [6.07, 6.45) is 0. The Morgan fingerprint density at radius 2 is 0.857 bits per heavy atom. The van der Waals surface area contributed by atoms with Crippen molar-refractivity contribution in [3.63, 3.8) is 0 Å². The molecule has 128 valence electrons. The first kappa shape index (κ1) is 21.3. The van der Waals surface area contributed by atoms with Gasteiger partial charge in [0, 0.05) is 26.3 Å². The van der Waals surface area contributed by atoms with Gasteiger partial charge in [-0.15, -0.1) is 0 Å². The SMILES string of the molecule is CC[Si](CC)(CC)OCCNCCO[Si](CC)(CC)CC. The number of rotatable bonds is 14. The summed E-state index contributed by atoms with van der Waals surface area (Å²) in [5.74, 6) is 0. The van der Waals surface area contributed by atoms with Crippen molar-refractivity contribution in [3.05, 3.63) is 0 Å². The summed E-state index contributed by atoms with van der Waals surface area (Å²) >= 11 is 0. The lowest BCUT2D eigenvalue weighted by Crippen LogP contribution is -2.40. The van der Waals surface area contributed by atoms with E-state index in [1.165, 1.54) is 36.3 Å². The molecule has 0 amide bonds. The highest BCUT2D eigenvalue weighted by atomic mass is 28.4. The van der Waals surface area contributed by atoms with Gasteiger partial charge in [0.05, 0.1) is 0 Å². The molecule has 0 bridgehead atoms. The minimum Gasteiger partial charge on any atom is -0.416 e. The largest absolute Gasteiger partial charge is 0.416 e. The third-order valence-corrected chi connectivity index (χ3v) is 14.6. The lowest BCUT2D eigenvalue weighted by Gasteiger charge is -2.29. The first-order chi connectivity index (χ1) is 10.1. The molecule has 0 saturated carbocycles. The molecule has 0 aromatic rings. The van der Waals surface area contributed by atoms with E-state index in [9.17, 15) is 0 Å². The van der Waals surface area contributed by atoms with Crippen LogP contribution in [0.2, 0.25) is 36.3 Å². The summed E-state index contributed by atoms with van der Waals surface area (Å²) in [6.45, 7) is 17.3. The average Bonchev–Trinajstić information content (AvgIpc) is 2.55. The summed E-state index contributed by atoms with van der Waals surface area (Å²) in [4.78, 5) is 0. The minimum atomic E-state index is -1.40. The van der Waals surface area contributed by atoms with Gasteiger partial charge in [0.15, 0.2) is 16.6 Å². The van der Waals surface area contributed by atoms with Crippen molar-refractivity contribution >= 4 is 16.6 Å². The monoisotopic (exact) mass is 333 g/mol. The molecule has 1 N–H and O–H groups in total. The molecule has 0 fully saturated rings. The third-order valence-electron chi connectivity index (χ3n) is 5.24. The summed E-state index contributed by atoms with van der Waals surface area (Å²) in [5.41, 5.74) is 0. The Bertz CT molecular complexity index is 204. The zero-order valence-corrected chi connectivity index (χ0v) is 17.4. The molecule has 0 heterocycles. The van der Waals surface area contributed by atoms with Gasteiger partial charge in [-0.3, -0.25) is 0 Å². The fourth-order valence-corrected chi connectivity index (χ4v) is 8.21. The third kappa shape index (κ3) is 7.41. The molecule has 0 spiro atoms. The Labute approximate surface area is 135 Å². The molecule has 0 atom stereocenters. The Morgan fingerprint density at radius 1 is 0.571 bits per heavy atom. The second-order valence-electron chi connectivity index (χ2n) is 5.93. The molecule has 0 aliphatic rings. The highest BCUT2D eigenvalue weighted by molar-refractivity contribution is 6.73. The lowest BCUT2D eigenvalue weighted by atomic mass is 10.6. The van der Waals surface area contributed by atoms with Gasteiger partial charge in [-0.2, -0.15) is 0 Å². The summed E-state index contributed by atoms with van der Waals surface area (Å²) < 4.78 is 12.5. The van der Waals surface area contributed by atoms with Gasteiger partial charge in [0.1, 0.15) is 0 Å². The zero-order valence-electron chi connectivity index (χ0n) is 15.4. The van der Waals surface area contributed by atoms with Crippen molar-refractivity contribution in [2.75, 3.05) is 26.3 Å².